The van der Waals surface area contributed by atoms with Crippen LogP contribution in [0, 0.1) is 5.92 Å². The van der Waals surface area contributed by atoms with Crippen molar-refractivity contribution >= 4 is 17.5 Å². The first-order valence-corrected chi connectivity index (χ1v) is 10.3. The summed E-state index contributed by atoms with van der Waals surface area (Å²) < 4.78 is 11.7. The number of piperidine rings is 1. The number of nitrogens with zero attached hydrogens (tertiary/aromatic N) is 4. The molecule has 9 nitrogen and oxygen atoms in total. The molecule has 3 aromatic rings. The van der Waals surface area contributed by atoms with Crippen LogP contribution in [0.3, 0.4) is 0 Å². The third-order valence-corrected chi connectivity index (χ3v) is 5.66. The first-order valence-electron chi connectivity index (χ1n) is 10.3. The summed E-state index contributed by atoms with van der Waals surface area (Å²) in [6, 6.07) is 10.6. The quantitative estimate of drug-likeness (QED) is 0.592. The molecule has 0 aliphatic carbocycles. The van der Waals surface area contributed by atoms with Crippen molar-refractivity contribution in [3.63, 3.8) is 0 Å². The number of ether oxygens (including phenoxy) is 2. The average molecular weight is 435 g/mol. The molecule has 0 radical (unpaired) electrons. The van der Waals surface area contributed by atoms with Crippen molar-refractivity contribution in [3.05, 3.63) is 59.9 Å². The molecule has 3 heterocycles. The van der Waals surface area contributed by atoms with Gasteiger partial charge in [-0.25, -0.2) is 9.67 Å². The number of methoxy groups -OCH3 is 2. The molecular weight excluding hydrogens is 410 g/mol. The normalized spacial score (nSPS) is 15.9. The SMILES string of the molecule is COc1ccc(-n2ncc(C(=O)[C@H]3CCCN(C(=O)c4ccc(OC)nc4)C3)c2N)cc1. The van der Waals surface area contributed by atoms with E-state index in [0.717, 1.165) is 17.9 Å². The van der Waals surface area contributed by atoms with Crippen LogP contribution < -0.4 is 15.2 Å². The largest absolute Gasteiger partial charge is 0.497 e. The monoisotopic (exact) mass is 435 g/mol. The molecule has 1 atom stereocenters. The topological polar surface area (TPSA) is 113 Å². The number of anilines is 1. The number of benzene rings is 1. The van der Waals surface area contributed by atoms with Crippen molar-refractivity contribution in [1.29, 1.82) is 0 Å². The average Bonchev–Trinajstić information content (AvgIpc) is 3.24. The lowest BCUT2D eigenvalue weighted by Crippen LogP contribution is -2.42. The Kier molecular flexibility index (Phi) is 6.07. The molecule has 1 fully saturated rings. The predicted molar refractivity (Wildman–Crippen MR) is 118 cm³/mol. The summed E-state index contributed by atoms with van der Waals surface area (Å²) in [5, 5.41) is 4.30. The van der Waals surface area contributed by atoms with E-state index < -0.39 is 0 Å². The maximum Gasteiger partial charge on any atom is 0.255 e. The van der Waals surface area contributed by atoms with Crippen LogP contribution in [0.4, 0.5) is 5.82 Å². The van der Waals surface area contributed by atoms with Gasteiger partial charge in [0.25, 0.3) is 5.91 Å². The zero-order chi connectivity index (χ0) is 22.7. The molecule has 1 saturated heterocycles. The number of carbonyl (C=O) groups excluding carboxylic acids is 2. The molecule has 2 aromatic heterocycles. The highest BCUT2D eigenvalue weighted by molar-refractivity contribution is 6.02. The maximum absolute atomic E-state index is 13.2. The van der Waals surface area contributed by atoms with Gasteiger partial charge in [0.1, 0.15) is 11.6 Å². The highest BCUT2D eigenvalue weighted by atomic mass is 16.5. The van der Waals surface area contributed by atoms with Crippen molar-refractivity contribution in [2.45, 2.75) is 12.8 Å². The summed E-state index contributed by atoms with van der Waals surface area (Å²) in [4.78, 5) is 31.9. The molecule has 4 rings (SSSR count). The minimum absolute atomic E-state index is 0.104. The number of hydrogen-bond acceptors (Lipinski definition) is 7. The Morgan fingerprint density at radius 1 is 1.06 bits per heavy atom. The van der Waals surface area contributed by atoms with Crippen molar-refractivity contribution in [2.75, 3.05) is 33.0 Å². The zero-order valence-electron chi connectivity index (χ0n) is 18.0. The fourth-order valence-electron chi connectivity index (χ4n) is 3.88. The lowest BCUT2D eigenvalue weighted by molar-refractivity contribution is 0.0637. The minimum atomic E-state index is -0.338. The number of amides is 1. The van der Waals surface area contributed by atoms with Crippen LogP contribution in [0.2, 0.25) is 0 Å². The molecule has 0 bridgehead atoms. The molecule has 0 unspecified atom stereocenters. The van der Waals surface area contributed by atoms with E-state index in [-0.39, 0.29) is 23.4 Å². The molecule has 9 heteroatoms. The third kappa shape index (κ3) is 4.14. The van der Waals surface area contributed by atoms with E-state index in [9.17, 15) is 9.59 Å². The molecule has 2 N–H and O–H groups in total. The summed E-state index contributed by atoms with van der Waals surface area (Å²) in [5.41, 5.74) is 7.84. The molecule has 0 spiro atoms. The van der Waals surface area contributed by atoms with Gasteiger partial charge < -0.3 is 20.1 Å². The van der Waals surface area contributed by atoms with E-state index in [4.69, 9.17) is 15.2 Å². The van der Waals surface area contributed by atoms with E-state index in [1.807, 2.05) is 12.1 Å². The Hall–Kier alpha value is -3.88. The number of nitrogen functional groups attached to an aromatic ring is 1. The van der Waals surface area contributed by atoms with E-state index in [2.05, 4.69) is 10.1 Å². The number of ketones is 1. The van der Waals surface area contributed by atoms with E-state index in [1.165, 1.54) is 24.2 Å². The number of hydrogen-bond donors (Lipinski definition) is 1. The maximum atomic E-state index is 13.2. The van der Waals surface area contributed by atoms with Gasteiger partial charge >= 0.3 is 0 Å². The second kappa shape index (κ2) is 9.09. The number of Topliss-reactive ketones (excluding diaryl/α,β-unsaturated/α-hetero) is 1. The van der Waals surface area contributed by atoms with Crippen molar-refractivity contribution in [2.24, 2.45) is 5.92 Å². The molecule has 32 heavy (non-hydrogen) atoms. The van der Waals surface area contributed by atoms with Crippen LogP contribution in [-0.2, 0) is 0 Å². The number of likely N-dealkylation sites (tertiary alicyclic amines) is 1. The third-order valence-electron chi connectivity index (χ3n) is 5.66. The van der Waals surface area contributed by atoms with Crippen LogP contribution in [0.25, 0.3) is 5.69 Å². The summed E-state index contributed by atoms with van der Waals surface area (Å²) in [7, 11) is 3.12. The van der Waals surface area contributed by atoms with Crippen molar-refractivity contribution < 1.29 is 19.1 Å². The van der Waals surface area contributed by atoms with Crippen molar-refractivity contribution in [1.82, 2.24) is 19.7 Å². The number of aromatic nitrogens is 3. The number of carbonyl (C=O) groups is 2. The lowest BCUT2D eigenvalue weighted by Gasteiger charge is -2.32. The Bertz CT molecular complexity index is 1110. The van der Waals surface area contributed by atoms with Gasteiger partial charge in [0, 0.05) is 31.3 Å². The van der Waals surface area contributed by atoms with Gasteiger partial charge in [0.05, 0.1) is 37.2 Å². The molecule has 1 aromatic carbocycles. The molecular formula is C23H25N5O4. The summed E-state index contributed by atoms with van der Waals surface area (Å²) in [6.07, 6.45) is 4.41. The molecule has 0 saturated carbocycles. The lowest BCUT2D eigenvalue weighted by atomic mass is 9.90. The van der Waals surface area contributed by atoms with E-state index in [0.29, 0.717) is 36.5 Å². The second-order valence-electron chi connectivity index (χ2n) is 7.60. The van der Waals surface area contributed by atoms with Crippen LogP contribution in [0.15, 0.2) is 48.8 Å². The van der Waals surface area contributed by atoms with Crippen LogP contribution in [0.1, 0.15) is 33.6 Å². The fourth-order valence-corrected chi connectivity index (χ4v) is 3.88. The fraction of sp³-hybridized carbons (Fsp3) is 0.304. The molecule has 1 aliphatic heterocycles. The Balaban J connectivity index is 1.49. The van der Waals surface area contributed by atoms with E-state index >= 15 is 0 Å². The van der Waals surface area contributed by atoms with Gasteiger partial charge in [-0.2, -0.15) is 5.10 Å². The van der Waals surface area contributed by atoms with Gasteiger partial charge in [-0.1, -0.05) is 0 Å². The van der Waals surface area contributed by atoms with Crippen LogP contribution >= 0.6 is 0 Å². The number of rotatable bonds is 6. The van der Waals surface area contributed by atoms with Gasteiger partial charge in [-0.3, -0.25) is 9.59 Å². The number of pyridine rings is 1. The Morgan fingerprint density at radius 3 is 2.50 bits per heavy atom. The smallest absolute Gasteiger partial charge is 0.255 e. The van der Waals surface area contributed by atoms with Gasteiger partial charge in [-0.05, 0) is 43.2 Å². The van der Waals surface area contributed by atoms with Gasteiger partial charge in [-0.15, -0.1) is 0 Å². The molecule has 166 valence electrons. The highest BCUT2D eigenvalue weighted by Crippen LogP contribution is 2.26. The molecule has 1 amide bonds. The van der Waals surface area contributed by atoms with Crippen LogP contribution in [-0.4, -0.2) is 58.7 Å². The standard InChI is InChI=1S/C23H25N5O4/c1-31-18-8-6-17(7-9-18)28-22(24)19(13-26-28)21(29)16-4-3-11-27(14-16)23(30)15-5-10-20(32-2)25-12-15/h5-10,12-13,16H,3-4,11,14,24H2,1-2H3/t16-/m0/s1. The zero-order valence-corrected chi connectivity index (χ0v) is 18.0. The predicted octanol–water partition coefficient (Wildman–Crippen LogP) is 2.60. The van der Waals surface area contributed by atoms with Gasteiger partial charge in [0.2, 0.25) is 5.88 Å². The highest BCUT2D eigenvalue weighted by Gasteiger charge is 2.31. The summed E-state index contributed by atoms with van der Waals surface area (Å²) in [5.74, 6) is 0.845. The van der Waals surface area contributed by atoms with Crippen molar-refractivity contribution in [3.8, 4) is 17.3 Å². The second-order valence-corrected chi connectivity index (χ2v) is 7.60. The Morgan fingerprint density at radius 2 is 1.84 bits per heavy atom. The summed E-state index contributed by atoms with van der Waals surface area (Å²) in [6.45, 7) is 0.923. The van der Waals surface area contributed by atoms with Crippen LogP contribution in [0.5, 0.6) is 11.6 Å². The first kappa shape index (κ1) is 21.4. The Labute approximate surface area is 185 Å². The van der Waals surface area contributed by atoms with Gasteiger partial charge in [0.15, 0.2) is 5.78 Å². The molecule has 1 aliphatic rings. The number of nitrogens with two attached hydrogens (primary N) is 1. The first-order chi connectivity index (χ1) is 15.5. The summed E-state index contributed by atoms with van der Waals surface area (Å²) >= 11 is 0. The van der Waals surface area contributed by atoms with E-state index in [1.54, 1.807) is 36.3 Å². The minimum Gasteiger partial charge on any atom is -0.497 e.